The average molecular weight is 501 g/mol. The molecule has 2 fully saturated rings. The first-order valence-corrected chi connectivity index (χ1v) is 12.8. The topological polar surface area (TPSA) is 113 Å². The van der Waals surface area contributed by atoms with E-state index in [0.29, 0.717) is 31.6 Å². The highest BCUT2D eigenvalue weighted by Gasteiger charge is 2.49. The molecular formula is C23H27F3N2O5S. The number of ketones is 1. The molecule has 1 aromatic carbocycles. The first kappa shape index (κ1) is 26.2. The summed E-state index contributed by atoms with van der Waals surface area (Å²) in [6, 6.07) is 5.68. The zero-order chi connectivity index (χ0) is 24.9. The molecule has 3 atom stereocenters. The number of halogens is 3. The second-order valence-electron chi connectivity index (χ2n) is 8.78. The van der Waals surface area contributed by atoms with Gasteiger partial charge in [0.15, 0.2) is 9.84 Å². The number of carbonyl (C=O) groups excluding carboxylic acids is 2. The van der Waals surface area contributed by atoms with Crippen LogP contribution in [0.5, 0.6) is 0 Å². The number of carbonyl (C=O) groups is 2. The number of benzene rings is 1. The summed E-state index contributed by atoms with van der Waals surface area (Å²) in [6.45, 7) is 0.910. The van der Waals surface area contributed by atoms with Gasteiger partial charge in [0.2, 0.25) is 5.91 Å². The molecule has 34 heavy (non-hydrogen) atoms. The van der Waals surface area contributed by atoms with Gasteiger partial charge in [-0.2, -0.15) is 18.4 Å². The summed E-state index contributed by atoms with van der Waals surface area (Å²) in [5.74, 6) is -2.56. The van der Waals surface area contributed by atoms with Gasteiger partial charge in [-0.05, 0) is 50.2 Å². The highest BCUT2D eigenvalue weighted by Crippen LogP contribution is 2.43. The Balaban J connectivity index is 1.83. The number of hydrogen-bond donors (Lipinski definition) is 1. The van der Waals surface area contributed by atoms with Crippen LogP contribution >= 0.6 is 0 Å². The third-order valence-corrected chi connectivity index (χ3v) is 8.92. The molecule has 0 aromatic heterocycles. The molecule has 1 saturated heterocycles. The van der Waals surface area contributed by atoms with Crippen molar-refractivity contribution < 1.29 is 35.9 Å². The van der Waals surface area contributed by atoms with Crippen molar-refractivity contribution in [3.63, 3.8) is 0 Å². The summed E-state index contributed by atoms with van der Waals surface area (Å²) >= 11 is 0. The molecule has 0 bridgehead atoms. The Bertz CT molecular complexity index is 1050. The average Bonchev–Trinajstić information content (AvgIpc) is 3.28. The molecule has 1 saturated carbocycles. The Hall–Kier alpha value is -2.45. The standard InChI is InChI=1S/C23H27F3N2O5S/c24-23(25,26)19-3-1-2-4-21(19)34(31,32)16-13-17(18(14-16)22(30)28-10-9-27)20(29)6-5-15-7-11-33-12-8-15/h1-4,15-18H,5-8,10-14H2,(H,28,30). The maximum atomic E-state index is 13.5. The van der Waals surface area contributed by atoms with Crippen molar-refractivity contribution in [1.29, 1.82) is 5.26 Å². The van der Waals surface area contributed by atoms with Crippen LogP contribution in [0.2, 0.25) is 0 Å². The van der Waals surface area contributed by atoms with Gasteiger partial charge in [0.05, 0.1) is 21.8 Å². The fourth-order valence-corrected chi connectivity index (χ4v) is 6.88. The smallest absolute Gasteiger partial charge is 0.381 e. The lowest BCUT2D eigenvalue weighted by atomic mass is 9.86. The zero-order valence-electron chi connectivity index (χ0n) is 18.5. The van der Waals surface area contributed by atoms with Gasteiger partial charge in [-0.3, -0.25) is 9.59 Å². The lowest BCUT2D eigenvalue weighted by Gasteiger charge is -2.23. The van der Waals surface area contributed by atoms with Gasteiger partial charge in [0.25, 0.3) is 0 Å². The van der Waals surface area contributed by atoms with Crippen molar-refractivity contribution in [3.05, 3.63) is 29.8 Å². The van der Waals surface area contributed by atoms with E-state index < -0.39 is 49.5 Å². The Labute approximate surface area is 196 Å². The molecule has 3 rings (SSSR count). The SMILES string of the molecule is N#CCNC(=O)C1CC(S(=O)(=O)c2ccccc2C(F)(F)F)CC1C(=O)CCC1CCOCC1. The van der Waals surface area contributed by atoms with Crippen LogP contribution in [0.25, 0.3) is 0 Å². The van der Waals surface area contributed by atoms with E-state index >= 15 is 0 Å². The number of nitrogens with zero attached hydrogens (tertiary/aromatic N) is 1. The van der Waals surface area contributed by atoms with Crippen molar-refractivity contribution in [2.45, 2.75) is 54.8 Å². The first-order valence-electron chi connectivity index (χ1n) is 11.2. The van der Waals surface area contributed by atoms with E-state index in [1.165, 1.54) is 6.07 Å². The molecule has 3 unspecified atom stereocenters. The van der Waals surface area contributed by atoms with Gasteiger partial charge in [-0.1, -0.05) is 12.1 Å². The van der Waals surface area contributed by atoms with Gasteiger partial charge in [-0.15, -0.1) is 0 Å². The van der Waals surface area contributed by atoms with Gasteiger partial charge in [0.1, 0.15) is 12.3 Å². The largest absolute Gasteiger partial charge is 0.417 e. The molecule has 1 amide bonds. The van der Waals surface area contributed by atoms with Crippen LogP contribution in [0.15, 0.2) is 29.2 Å². The van der Waals surface area contributed by atoms with Crippen LogP contribution in [-0.2, 0) is 30.3 Å². The Morgan fingerprint density at radius 1 is 1.12 bits per heavy atom. The number of ether oxygens (including phenoxy) is 1. The van der Waals surface area contributed by atoms with Crippen LogP contribution in [0.3, 0.4) is 0 Å². The minimum atomic E-state index is -4.87. The predicted molar refractivity (Wildman–Crippen MR) is 115 cm³/mol. The summed E-state index contributed by atoms with van der Waals surface area (Å²) in [7, 11) is -4.48. The molecule has 7 nitrogen and oxygen atoms in total. The molecule has 11 heteroatoms. The number of alkyl halides is 3. The highest BCUT2D eigenvalue weighted by molar-refractivity contribution is 7.92. The third-order valence-electron chi connectivity index (χ3n) is 6.69. The van der Waals surface area contributed by atoms with Gasteiger partial charge >= 0.3 is 6.18 Å². The lowest BCUT2D eigenvalue weighted by molar-refractivity contribution is -0.139. The summed E-state index contributed by atoms with van der Waals surface area (Å²) < 4.78 is 72.2. The van der Waals surface area contributed by atoms with E-state index in [2.05, 4.69) is 5.32 Å². The van der Waals surface area contributed by atoms with Crippen molar-refractivity contribution in [2.75, 3.05) is 19.8 Å². The van der Waals surface area contributed by atoms with Crippen LogP contribution in [0.4, 0.5) is 13.2 Å². The highest BCUT2D eigenvalue weighted by atomic mass is 32.2. The fraction of sp³-hybridized carbons (Fsp3) is 0.609. The number of hydrogen-bond acceptors (Lipinski definition) is 6. The van der Waals surface area contributed by atoms with E-state index in [9.17, 15) is 31.2 Å². The van der Waals surface area contributed by atoms with E-state index in [4.69, 9.17) is 10.00 Å². The van der Waals surface area contributed by atoms with Crippen LogP contribution in [-0.4, -0.2) is 45.1 Å². The van der Waals surface area contributed by atoms with Crippen molar-refractivity contribution in [3.8, 4) is 6.07 Å². The zero-order valence-corrected chi connectivity index (χ0v) is 19.3. The van der Waals surface area contributed by atoms with Crippen LogP contribution in [0, 0.1) is 29.1 Å². The van der Waals surface area contributed by atoms with E-state index in [-0.39, 0.29) is 31.6 Å². The molecule has 1 N–H and O–H groups in total. The molecule has 1 aliphatic carbocycles. The van der Waals surface area contributed by atoms with Crippen molar-refractivity contribution in [1.82, 2.24) is 5.32 Å². The van der Waals surface area contributed by atoms with E-state index in [1.807, 2.05) is 0 Å². The van der Waals surface area contributed by atoms with Crippen molar-refractivity contribution >= 4 is 21.5 Å². The van der Waals surface area contributed by atoms with E-state index in [1.54, 1.807) is 6.07 Å². The number of sulfone groups is 1. The van der Waals surface area contributed by atoms with Gasteiger partial charge in [-0.25, -0.2) is 8.42 Å². The van der Waals surface area contributed by atoms with Crippen molar-refractivity contribution in [2.24, 2.45) is 17.8 Å². The van der Waals surface area contributed by atoms with Gasteiger partial charge < -0.3 is 10.1 Å². The molecule has 1 aromatic rings. The number of nitrogens with one attached hydrogen (secondary N) is 1. The Morgan fingerprint density at radius 2 is 1.76 bits per heavy atom. The molecule has 0 radical (unpaired) electrons. The minimum absolute atomic E-state index is 0.156. The first-order chi connectivity index (χ1) is 16.1. The van der Waals surface area contributed by atoms with E-state index in [0.717, 1.165) is 25.0 Å². The molecule has 1 heterocycles. The second-order valence-corrected chi connectivity index (χ2v) is 11.0. The summed E-state index contributed by atoms with van der Waals surface area (Å²) in [6.07, 6.45) is -3.01. The maximum Gasteiger partial charge on any atom is 0.417 e. The van der Waals surface area contributed by atoms with Crippen LogP contribution in [0.1, 0.15) is 44.1 Å². The minimum Gasteiger partial charge on any atom is -0.381 e. The Kier molecular flexibility index (Phi) is 8.36. The molecule has 1 aliphatic heterocycles. The second kappa shape index (κ2) is 10.9. The summed E-state index contributed by atoms with van der Waals surface area (Å²) in [5.41, 5.74) is -1.27. The monoisotopic (exact) mass is 500 g/mol. The number of Topliss-reactive ketones (excluding diaryl/α,β-unsaturated/α-hetero) is 1. The lowest BCUT2D eigenvalue weighted by Crippen LogP contribution is -2.35. The number of rotatable bonds is 8. The van der Waals surface area contributed by atoms with Crippen LogP contribution < -0.4 is 5.32 Å². The predicted octanol–water partition coefficient (Wildman–Crippen LogP) is 3.29. The molecule has 2 aliphatic rings. The number of nitriles is 1. The molecule has 0 spiro atoms. The third kappa shape index (κ3) is 5.96. The maximum absolute atomic E-state index is 13.5. The summed E-state index contributed by atoms with van der Waals surface area (Å²) in [4.78, 5) is 24.9. The van der Waals surface area contributed by atoms with Gasteiger partial charge in [0, 0.05) is 31.5 Å². The Morgan fingerprint density at radius 3 is 2.41 bits per heavy atom. The molecule has 186 valence electrons. The normalized spacial score (nSPS) is 23.9. The summed E-state index contributed by atoms with van der Waals surface area (Å²) in [5, 5.41) is 9.81. The fourth-order valence-electron chi connectivity index (χ4n) is 4.84. The molecular weight excluding hydrogens is 473 g/mol. The number of amides is 1. The quantitative estimate of drug-likeness (QED) is 0.548.